The zero-order chi connectivity index (χ0) is 19.1. The molecule has 6 nitrogen and oxygen atoms in total. The summed E-state index contributed by atoms with van der Waals surface area (Å²) in [4.78, 5) is 7.26. The molecule has 164 valence electrons. The first-order chi connectivity index (χ1) is 13.2. The summed E-state index contributed by atoms with van der Waals surface area (Å²) < 4.78 is 16.9. The fourth-order valence-electron chi connectivity index (χ4n) is 5.18. The zero-order valence-corrected chi connectivity index (χ0v) is 20.3. The molecular formula is C21H40IN3O3. The summed E-state index contributed by atoms with van der Waals surface area (Å²) >= 11 is 0. The van der Waals surface area contributed by atoms with Gasteiger partial charge < -0.3 is 24.4 Å². The number of methoxy groups -OCH3 is 1. The maximum absolute atomic E-state index is 6.07. The van der Waals surface area contributed by atoms with Crippen LogP contribution < -0.4 is 5.32 Å². The molecule has 1 spiro atoms. The van der Waals surface area contributed by atoms with Crippen molar-refractivity contribution in [1.29, 1.82) is 0 Å². The number of nitrogens with one attached hydrogen (secondary N) is 1. The molecule has 1 heterocycles. The van der Waals surface area contributed by atoms with Crippen LogP contribution in [0.3, 0.4) is 0 Å². The Kier molecular flexibility index (Phi) is 10.3. The van der Waals surface area contributed by atoms with E-state index < -0.39 is 0 Å². The minimum atomic E-state index is 0. The average molecular weight is 509 g/mol. The van der Waals surface area contributed by atoms with Crippen molar-refractivity contribution in [2.45, 2.75) is 64.5 Å². The molecule has 28 heavy (non-hydrogen) atoms. The number of likely N-dealkylation sites (tertiary alicyclic amines) is 1. The molecule has 0 aromatic carbocycles. The second-order valence-corrected chi connectivity index (χ2v) is 8.28. The maximum atomic E-state index is 6.07. The van der Waals surface area contributed by atoms with Crippen LogP contribution in [0.2, 0.25) is 0 Å². The molecule has 1 saturated heterocycles. The lowest BCUT2D eigenvalue weighted by molar-refractivity contribution is -0.126. The van der Waals surface area contributed by atoms with E-state index in [9.17, 15) is 0 Å². The number of hydrogen-bond acceptors (Lipinski definition) is 4. The Hall–Kier alpha value is -0.120. The highest BCUT2D eigenvalue weighted by molar-refractivity contribution is 14.0. The van der Waals surface area contributed by atoms with E-state index in [-0.39, 0.29) is 24.0 Å². The Morgan fingerprint density at radius 2 is 2.00 bits per heavy atom. The van der Waals surface area contributed by atoms with Crippen LogP contribution in [0.4, 0.5) is 0 Å². The third-order valence-corrected chi connectivity index (χ3v) is 6.67. The summed E-state index contributed by atoms with van der Waals surface area (Å²) in [7, 11) is 1.72. The molecule has 1 N–H and O–H groups in total. The molecule has 0 bridgehead atoms. The fraction of sp³-hybridized carbons (Fsp3) is 0.952. The van der Waals surface area contributed by atoms with E-state index in [1.807, 2.05) is 0 Å². The Morgan fingerprint density at radius 3 is 2.68 bits per heavy atom. The molecule has 1 aliphatic heterocycles. The molecule has 2 saturated carbocycles. The monoisotopic (exact) mass is 509 g/mol. The Morgan fingerprint density at radius 1 is 1.21 bits per heavy atom. The number of guanidine groups is 1. The normalized spacial score (nSPS) is 29.0. The maximum Gasteiger partial charge on any atom is 0.194 e. The van der Waals surface area contributed by atoms with Gasteiger partial charge in [-0.3, -0.25) is 4.99 Å². The van der Waals surface area contributed by atoms with Crippen molar-refractivity contribution >= 4 is 29.9 Å². The van der Waals surface area contributed by atoms with Gasteiger partial charge in [0.25, 0.3) is 0 Å². The summed E-state index contributed by atoms with van der Waals surface area (Å²) in [6.07, 6.45) is 8.00. The molecule has 3 atom stereocenters. The van der Waals surface area contributed by atoms with Gasteiger partial charge in [0.05, 0.1) is 25.9 Å². The van der Waals surface area contributed by atoms with Gasteiger partial charge in [0.15, 0.2) is 5.96 Å². The molecule has 0 aromatic rings. The van der Waals surface area contributed by atoms with Crippen LogP contribution in [-0.4, -0.2) is 76.2 Å². The molecule has 0 radical (unpaired) electrons. The summed E-state index contributed by atoms with van der Waals surface area (Å²) in [5.41, 5.74) is 0.340. The van der Waals surface area contributed by atoms with Gasteiger partial charge in [-0.05, 0) is 39.5 Å². The van der Waals surface area contributed by atoms with Crippen LogP contribution in [-0.2, 0) is 14.2 Å². The fourth-order valence-corrected chi connectivity index (χ4v) is 5.18. The number of ether oxygens (including phenoxy) is 3. The van der Waals surface area contributed by atoms with Crippen LogP contribution in [0.25, 0.3) is 0 Å². The lowest BCUT2D eigenvalue weighted by Crippen LogP contribution is -2.65. The number of aliphatic imine (C=N–C) groups is 1. The summed E-state index contributed by atoms with van der Waals surface area (Å²) in [6.45, 7) is 10.2. The predicted molar refractivity (Wildman–Crippen MR) is 124 cm³/mol. The summed E-state index contributed by atoms with van der Waals surface area (Å²) in [5, 5.41) is 3.85. The number of rotatable bonds is 9. The second-order valence-electron chi connectivity index (χ2n) is 8.28. The molecule has 3 fully saturated rings. The minimum Gasteiger partial charge on any atom is -0.382 e. The molecule has 0 aromatic heterocycles. The van der Waals surface area contributed by atoms with E-state index in [1.165, 1.54) is 32.1 Å². The van der Waals surface area contributed by atoms with Crippen LogP contribution in [0, 0.1) is 11.3 Å². The van der Waals surface area contributed by atoms with Crippen molar-refractivity contribution in [3.63, 3.8) is 0 Å². The number of hydrogen-bond donors (Lipinski definition) is 1. The van der Waals surface area contributed by atoms with Gasteiger partial charge in [0, 0.05) is 50.7 Å². The molecule has 7 heteroatoms. The van der Waals surface area contributed by atoms with Crippen LogP contribution in [0.1, 0.15) is 52.4 Å². The number of nitrogens with zero attached hydrogens (tertiary/aromatic N) is 2. The molecule has 2 aliphatic carbocycles. The first-order valence-corrected chi connectivity index (χ1v) is 11.0. The average Bonchev–Trinajstić information content (AvgIpc) is 3.35. The van der Waals surface area contributed by atoms with Crippen LogP contribution in [0.15, 0.2) is 4.99 Å². The highest BCUT2D eigenvalue weighted by Crippen LogP contribution is 2.54. The van der Waals surface area contributed by atoms with Gasteiger partial charge in [0.2, 0.25) is 0 Å². The van der Waals surface area contributed by atoms with Crippen molar-refractivity contribution in [1.82, 2.24) is 10.2 Å². The summed E-state index contributed by atoms with van der Waals surface area (Å²) in [5.74, 6) is 1.69. The van der Waals surface area contributed by atoms with Crippen molar-refractivity contribution in [3.8, 4) is 0 Å². The Bertz CT molecular complexity index is 486. The number of halogens is 1. The lowest BCUT2D eigenvalue weighted by atomic mass is 9.60. The second kappa shape index (κ2) is 11.9. The highest BCUT2D eigenvalue weighted by Gasteiger charge is 2.57. The van der Waals surface area contributed by atoms with Gasteiger partial charge in [-0.2, -0.15) is 0 Å². The topological polar surface area (TPSA) is 55.3 Å². The molecule has 0 amide bonds. The van der Waals surface area contributed by atoms with Gasteiger partial charge in [-0.1, -0.05) is 12.8 Å². The van der Waals surface area contributed by atoms with E-state index in [1.54, 1.807) is 7.11 Å². The molecule has 3 aliphatic rings. The lowest BCUT2D eigenvalue weighted by Gasteiger charge is -2.54. The highest BCUT2D eigenvalue weighted by atomic mass is 127. The van der Waals surface area contributed by atoms with Crippen molar-refractivity contribution in [2.75, 3.05) is 53.2 Å². The Balaban J connectivity index is 0.00000280. The standard InChI is InChI=1S/C21H39N3O3.HI/c1-4-22-20(24-11-8-17(15-24)16-26-13-12-25-3)23-18-14-19(27-5-2)21(18)9-6-7-10-21;/h17-19H,4-16H2,1-3H3,(H,22,23);1H. The van der Waals surface area contributed by atoms with E-state index in [2.05, 4.69) is 24.1 Å². The first kappa shape index (κ1) is 24.2. The van der Waals surface area contributed by atoms with Gasteiger partial charge in [0.1, 0.15) is 0 Å². The van der Waals surface area contributed by atoms with Gasteiger partial charge in [-0.25, -0.2) is 0 Å². The molecular weight excluding hydrogens is 469 g/mol. The quantitative estimate of drug-likeness (QED) is 0.224. The van der Waals surface area contributed by atoms with E-state index >= 15 is 0 Å². The molecule has 3 unspecified atom stereocenters. The Labute approximate surface area is 188 Å². The SMILES string of the molecule is CCN=C(NC1CC(OCC)C12CCCC2)N1CCC(COCCOC)C1.I. The van der Waals surface area contributed by atoms with E-state index in [0.29, 0.717) is 36.7 Å². The molecule has 3 rings (SSSR count). The third-order valence-electron chi connectivity index (χ3n) is 6.67. The van der Waals surface area contributed by atoms with Crippen LogP contribution >= 0.6 is 24.0 Å². The van der Waals surface area contributed by atoms with E-state index in [4.69, 9.17) is 19.2 Å². The van der Waals surface area contributed by atoms with Crippen molar-refractivity contribution < 1.29 is 14.2 Å². The van der Waals surface area contributed by atoms with Crippen molar-refractivity contribution in [2.24, 2.45) is 16.3 Å². The van der Waals surface area contributed by atoms with Gasteiger partial charge >= 0.3 is 0 Å². The minimum absolute atomic E-state index is 0. The zero-order valence-electron chi connectivity index (χ0n) is 18.0. The largest absolute Gasteiger partial charge is 0.382 e. The van der Waals surface area contributed by atoms with Crippen LogP contribution in [0.5, 0.6) is 0 Å². The van der Waals surface area contributed by atoms with Crippen molar-refractivity contribution in [3.05, 3.63) is 0 Å². The smallest absolute Gasteiger partial charge is 0.194 e. The summed E-state index contributed by atoms with van der Waals surface area (Å²) in [6, 6.07) is 0.513. The van der Waals surface area contributed by atoms with E-state index in [0.717, 1.165) is 45.2 Å². The van der Waals surface area contributed by atoms with Gasteiger partial charge in [-0.15, -0.1) is 24.0 Å². The first-order valence-electron chi connectivity index (χ1n) is 11.0. The third kappa shape index (κ3) is 5.52. The predicted octanol–water partition coefficient (Wildman–Crippen LogP) is 3.29.